The first-order valence-corrected chi connectivity index (χ1v) is 10.1. The van der Waals surface area contributed by atoms with Gasteiger partial charge in [-0.15, -0.1) is 0 Å². The van der Waals surface area contributed by atoms with Crippen molar-refractivity contribution < 1.29 is 9.84 Å². The van der Waals surface area contributed by atoms with Crippen LogP contribution in [0.1, 0.15) is 58.3 Å². The van der Waals surface area contributed by atoms with Crippen LogP contribution in [0.25, 0.3) is 0 Å². The summed E-state index contributed by atoms with van der Waals surface area (Å²) in [5.41, 5.74) is 0.481. The maximum atomic E-state index is 10.3. The molecule has 0 spiro atoms. The Labute approximate surface area is 141 Å². The molecule has 0 aromatic rings. The SMILES string of the molecule is CC1CCN(CC(O)COCC23CC4CC(CC(C4)C2)C3)CC1. The van der Waals surface area contributed by atoms with Crippen molar-refractivity contribution >= 4 is 0 Å². The van der Waals surface area contributed by atoms with Crippen LogP contribution in [0.2, 0.25) is 0 Å². The normalized spacial score (nSPS) is 42.3. The minimum atomic E-state index is -0.308. The molecule has 4 bridgehead atoms. The molecule has 23 heavy (non-hydrogen) atoms. The van der Waals surface area contributed by atoms with Crippen LogP contribution in [0.3, 0.4) is 0 Å². The van der Waals surface area contributed by atoms with Crippen molar-refractivity contribution in [2.24, 2.45) is 29.1 Å². The fourth-order valence-corrected chi connectivity index (χ4v) is 6.47. The number of likely N-dealkylation sites (tertiary alicyclic amines) is 1. The Morgan fingerprint density at radius 3 is 2.17 bits per heavy atom. The van der Waals surface area contributed by atoms with Gasteiger partial charge in [-0.05, 0) is 93.5 Å². The summed E-state index contributed by atoms with van der Waals surface area (Å²) in [5.74, 6) is 3.83. The van der Waals surface area contributed by atoms with E-state index in [2.05, 4.69) is 11.8 Å². The van der Waals surface area contributed by atoms with E-state index in [-0.39, 0.29) is 6.10 Å². The minimum absolute atomic E-state index is 0.308. The highest BCUT2D eigenvalue weighted by molar-refractivity contribution is 5.01. The first kappa shape index (κ1) is 16.4. The molecule has 5 rings (SSSR count). The Kier molecular flexibility index (Phi) is 4.73. The van der Waals surface area contributed by atoms with Gasteiger partial charge in [-0.3, -0.25) is 0 Å². The average Bonchev–Trinajstić information content (AvgIpc) is 2.48. The molecule has 1 heterocycles. The highest BCUT2D eigenvalue weighted by atomic mass is 16.5. The van der Waals surface area contributed by atoms with Crippen molar-refractivity contribution in [2.45, 2.75) is 64.4 Å². The van der Waals surface area contributed by atoms with Gasteiger partial charge in [0.05, 0.1) is 19.3 Å². The molecule has 1 saturated heterocycles. The molecule has 3 heteroatoms. The van der Waals surface area contributed by atoms with Gasteiger partial charge in [-0.25, -0.2) is 0 Å². The number of hydrogen-bond donors (Lipinski definition) is 1. The average molecular weight is 322 g/mol. The summed E-state index contributed by atoms with van der Waals surface area (Å²) in [6.07, 6.45) is 10.9. The van der Waals surface area contributed by atoms with Crippen LogP contribution in [-0.2, 0) is 4.74 Å². The van der Waals surface area contributed by atoms with Crippen LogP contribution in [-0.4, -0.2) is 49.0 Å². The number of hydrogen-bond acceptors (Lipinski definition) is 3. The molecule has 0 amide bonds. The predicted octanol–water partition coefficient (Wildman–Crippen LogP) is 3.31. The van der Waals surface area contributed by atoms with E-state index in [1.807, 2.05) is 0 Å². The van der Waals surface area contributed by atoms with E-state index in [0.717, 1.165) is 49.9 Å². The zero-order valence-electron chi connectivity index (χ0n) is 14.9. The number of aliphatic hydroxyl groups is 1. The molecular formula is C20H35NO2. The van der Waals surface area contributed by atoms with Crippen LogP contribution in [0, 0.1) is 29.1 Å². The van der Waals surface area contributed by atoms with Gasteiger partial charge >= 0.3 is 0 Å². The van der Waals surface area contributed by atoms with Gasteiger partial charge in [0.15, 0.2) is 0 Å². The Morgan fingerprint density at radius 2 is 1.61 bits per heavy atom. The lowest BCUT2D eigenvalue weighted by Crippen LogP contribution is -2.48. The number of ether oxygens (including phenoxy) is 1. The fraction of sp³-hybridized carbons (Fsp3) is 1.00. The molecule has 5 aliphatic rings. The Hall–Kier alpha value is -0.120. The summed E-state index contributed by atoms with van der Waals surface area (Å²) in [7, 11) is 0. The summed E-state index contributed by atoms with van der Waals surface area (Å²) in [6, 6.07) is 0. The lowest BCUT2D eigenvalue weighted by molar-refractivity contribution is -0.107. The largest absolute Gasteiger partial charge is 0.389 e. The first-order valence-electron chi connectivity index (χ1n) is 10.1. The maximum Gasteiger partial charge on any atom is 0.0900 e. The summed E-state index contributed by atoms with van der Waals surface area (Å²) >= 11 is 0. The van der Waals surface area contributed by atoms with Gasteiger partial charge < -0.3 is 14.7 Å². The molecule has 132 valence electrons. The molecule has 1 N–H and O–H groups in total. The summed E-state index contributed by atoms with van der Waals surface area (Å²) in [5, 5.41) is 10.3. The molecule has 1 unspecified atom stereocenters. The summed E-state index contributed by atoms with van der Waals surface area (Å²) in [4.78, 5) is 2.42. The number of rotatable bonds is 6. The maximum absolute atomic E-state index is 10.3. The van der Waals surface area contributed by atoms with Crippen molar-refractivity contribution in [3.8, 4) is 0 Å². The highest BCUT2D eigenvalue weighted by Gasteiger charge is 2.50. The van der Waals surface area contributed by atoms with Crippen molar-refractivity contribution in [1.29, 1.82) is 0 Å². The molecule has 1 atom stereocenters. The van der Waals surface area contributed by atoms with Gasteiger partial charge in [0.2, 0.25) is 0 Å². The Balaban J connectivity index is 1.20. The molecule has 4 aliphatic carbocycles. The number of β-amino-alcohol motifs (C(OH)–C–C–N with tert-alkyl or cyclic N) is 1. The second-order valence-corrected chi connectivity index (χ2v) is 9.57. The van der Waals surface area contributed by atoms with E-state index in [9.17, 15) is 5.11 Å². The van der Waals surface area contributed by atoms with Crippen molar-refractivity contribution in [3.63, 3.8) is 0 Å². The van der Waals surface area contributed by atoms with E-state index in [1.165, 1.54) is 51.4 Å². The molecular weight excluding hydrogens is 286 g/mol. The van der Waals surface area contributed by atoms with E-state index >= 15 is 0 Å². The fourth-order valence-electron chi connectivity index (χ4n) is 6.47. The molecule has 0 aromatic carbocycles. The van der Waals surface area contributed by atoms with Gasteiger partial charge in [-0.1, -0.05) is 6.92 Å². The third-order valence-electron chi connectivity index (χ3n) is 7.23. The first-order chi connectivity index (χ1) is 11.1. The molecule has 0 aromatic heterocycles. The van der Waals surface area contributed by atoms with E-state index < -0.39 is 0 Å². The molecule has 3 nitrogen and oxygen atoms in total. The standard InChI is InChI=1S/C20H35NO2/c1-15-2-4-21(5-3-15)12-19(22)13-23-14-20-9-16-6-17(10-20)8-18(7-16)11-20/h15-19,22H,2-14H2,1H3. The third kappa shape index (κ3) is 3.77. The van der Waals surface area contributed by atoms with Crippen LogP contribution in [0.4, 0.5) is 0 Å². The van der Waals surface area contributed by atoms with Crippen LogP contribution in [0.15, 0.2) is 0 Å². The number of aliphatic hydroxyl groups excluding tert-OH is 1. The summed E-state index contributed by atoms with van der Waals surface area (Å²) < 4.78 is 6.07. The quantitative estimate of drug-likeness (QED) is 0.814. The van der Waals surface area contributed by atoms with Gasteiger partial charge in [0, 0.05) is 6.54 Å². The Bertz CT molecular complexity index is 367. The monoisotopic (exact) mass is 321 g/mol. The third-order valence-corrected chi connectivity index (χ3v) is 7.23. The van der Waals surface area contributed by atoms with E-state index in [4.69, 9.17) is 4.74 Å². The lowest BCUT2D eigenvalue weighted by atomic mass is 9.50. The van der Waals surface area contributed by atoms with Gasteiger partial charge in [0.25, 0.3) is 0 Å². The molecule has 4 saturated carbocycles. The van der Waals surface area contributed by atoms with Gasteiger partial charge in [0.1, 0.15) is 0 Å². The van der Waals surface area contributed by atoms with E-state index in [1.54, 1.807) is 0 Å². The number of nitrogens with zero attached hydrogens (tertiary/aromatic N) is 1. The van der Waals surface area contributed by atoms with Gasteiger partial charge in [-0.2, -0.15) is 0 Å². The molecule has 0 radical (unpaired) electrons. The second-order valence-electron chi connectivity index (χ2n) is 9.57. The Morgan fingerprint density at radius 1 is 1.04 bits per heavy atom. The van der Waals surface area contributed by atoms with Crippen molar-refractivity contribution in [1.82, 2.24) is 4.90 Å². The second kappa shape index (κ2) is 6.65. The van der Waals surface area contributed by atoms with Crippen molar-refractivity contribution in [2.75, 3.05) is 32.8 Å². The van der Waals surface area contributed by atoms with Crippen LogP contribution < -0.4 is 0 Å². The highest BCUT2D eigenvalue weighted by Crippen LogP contribution is 2.60. The van der Waals surface area contributed by atoms with E-state index in [0.29, 0.717) is 12.0 Å². The topological polar surface area (TPSA) is 32.7 Å². The van der Waals surface area contributed by atoms with Crippen molar-refractivity contribution in [3.05, 3.63) is 0 Å². The van der Waals surface area contributed by atoms with Crippen LogP contribution >= 0.6 is 0 Å². The molecule has 5 fully saturated rings. The smallest absolute Gasteiger partial charge is 0.0900 e. The van der Waals surface area contributed by atoms with Crippen LogP contribution in [0.5, 0.6) is 0 Å². The molecule has 1 aliphatic heterocycles. The number of piperidine rings is 1. The zero-order valence-corrected chi connectivity index (χ0v) is 14.9. The zero-order chi connectivity index (χ0) is 15.9. The lowest BCUT2D eigenvalue weighted by Gasteiger charge is -2.56. The minimum Gasteiger partial charge on any atom is -0.389 e. The predicted molar refractivity (Wildman–Crippen MR) is 92.3 cm³/mol. The summed E-state index contributed by atoms with van der Waals surface area (Å²) in [6.45, 7) is 6.87.